The highest BCUT2D eigenvalue weighted by atomic mass is 79.9. The Kier molecular flexibility index (Phi) is 5.55. The average Bonchev–Trinajstić information content (AvgIpc) is 2.64. The van der Waals surface area contributed by atoms with Crippen molar-refractivity contribution in [3.05, 3.63) is 57.1 Å². The number of nitrogens with zero attached hydrogens (tertiary/aromatic N) is 1. The SMILES string of the molecule is CCc1ccc(OC)c(S(=O)(=O)Oc2c(Br)cc(Br)c3cccnc23)c1. The fourth-order valence-electron chi connectivity index (χ4n) is 2.52. The minimum absolute atomic E-state index is 0.0155. The number of aromatic nitrogens is 1. The molecular weight excluding hydrogens is 486 g/mol. The number of hydrogen-bond donors (Lipinski definition) is 0. The normalized spacial score (nSPS) is 11.5. The van der Waals surface area contributed by atoms with Gasteiger partial charge in [0.25, 0.3) is 0 Å². The van der Waals surface area contributed by atoms with E-state index in [1.807, 2.05) is 19.1 Å². The van der Waals surface area contributed by atoms with Crippen molar-refractivity contribution >= 4 is 52.9 Å². The van der Waals surface area contributed by atoms with Gasteiger partial charge in [-0.25, -0.2) is 0 Å². The van der Waals surface area contributed by atoms with Crippen LogP contribution in [0.2, 0.25) is 0 Å². The van der Waals surface area contributed by atoms with Crippen molar-refractivity contribution in [1.29, 1.82) is 0 Å². The molecule has 1 heterocycles. The maximum Gasteiger partial charge on any atom is 0.343 e. The van der Waals surface area contributed by atoms with Crippen molar-refractivity contribution < 1.29 is 17.3 Å². The third kappa shape index (κ3) is 3.58. The molecule has 0 radical (unpaired) electrons. The van der Waals surface area contributed by atoms with E-state index < -0.39 is 10.1 Å². The van der Waals surface area contributed by atoms with E-state index in [-0.39, 0.29) is 16.4 Å². The Bertz CT molecular complexity index is 1080. The lowest BCUT2D eigenvalue weighted by molar-refractivity contribution is 0.398. The summed E-state index contributed by atoms with van der Waals surface area (Å²) < 4.78 is 37.9. The van der Waals surface area contributed by atoms with Gasteiger partial charge in [-0.1, -0.05) is 35.0 Å². The summed E-state index contributed by atoms with van der Waals surface area (Å²) >= 11 is 6.82. The van der Waals surface area contributed by atoms with Crippen LogP contribution < -0.4 is 8.92 Å². The Morgan fingerprint density at radius 2 is 1.88 bits per heavy atom. The molecule has 0 amide bonds. The van der Waals surface area contributed by atoms with Crippen LogP contribution in [0.3, 0.4) is 0 Å². The molecule has 0 saturated heterocycles. The number of methoxy groups -OCH3 is 1. The second-order valence-electron chi connectivity index (χ2n) is 5.45. The second kappa shape index (κ2) is 7.54. The molecule has 5 nitrogen and oxygen atoms in total. The molecule has 0 bridgehead atoms. The lowest BCUT2D eigenvalue weighted by atomic mass is 10.2. The van der Waals surface area contributed by atoms with Crippen LogP contribution in [0.25, 0.3) is 10.9 Å². The summed E-state index contributed by atoms with van der Waals surface area (Å²) in [5.41, 5.74) is 1.30. The van der Waals surface area contributed by atoms with Gasteiger partial charge in [0.05, 0.1) is 11.6 Å². The molecule has 0 aliphatic rings. The molecule has 0 aliphatic heterocycles. The molecule has 0 N–H and O–H groups in total. The summed E-state index contributed by atoms with van der Waals surface area (Å²) in [5, 5.41) is 0.746. The zero-order valence-corrected chi connectivity index (χ0v) is 18.0. The minimum Gasteiger partial charge on any atom is -0.495 e. The van der Waals surface area contributed by atoms with Crippen LogP contribution in [-0.4, -0.2) is 20.5 Å². The van der Waals surface area contributed by atoms with Crippen molar-refractivity contribution in [2.45, 2.75) is 18.2 Å². The minimum atomic E-state index is -4.13. The summed E-state index contributed by atoms with van der Waals surface area (Å²) in [6.45, 7) is 1.95. The Labute approximate surface area is 168 Å². The molecule has 0 saturated carbocycles. The van der Waals surface area contributed by atoms with E-state index in [4.69, 9.17) is 8.92 Å². The first kappa shape index (κ1) is 19.1. The molecule has 3 aromatic rings. The molecule has 2 aromatic carbocycles. The van der Waals surface area contributed by atoms with E-state index in [0.717, 1.165) is 15.4 Å². The third-order valence-electron chi connectivity index (χ3n) is 3.85. The van der Waals surface area contributed by atoms with Crippen molar-refractivity contribution in [3.8, 4) is 11.5 Å². The lowest BCUT2D eigenvalue weighted by Gasteiger charge is -2.14. The molecule has 0 aliphatic carbocycles. The van der Waals surface area contributed by atoms with Crippen molar-refractivity contribution in [2.24, 2.45) is 0 Å². The first-order chi connectivity index (χ1) is 12.4. The highest BCUT2D eigenvalue weighted by Gasteiger charge is 2.25. The summed E-state index contributed by atoms with van der Waals surface area (Å²) in [7, 11) is -2.70. The van der Waals surface area contributed by atoms with E-state index in [1.54, 1.807) is 30.5 Å². The van der Waals surface area contributed by atoms with Crippen molar-refractivity contribution in [1.82, 2.24) is 4.98 Å². The number of ether oxygens (including phenoxy) is 1. The van der Waals surface area contributed by atoms with Crippen LogP contribution in [0, 0.1) is 0 Å². The fourth-order valence-corrected chi connectivity index (χ4v) is 5.15. The van der Waals surface area contributed by atoms with Gasteiger partial charge in [0.1, 0.15) is 16.2 Å². The van der Waals surface area contributed by atoms with E-state index in [2.05, 4.69) is 36.8 Å². The topological polar surface area (TPSA) is 65.5 Å². The van der Waals surface area contributed by atoms with Crippen LogP contribution in [0.5, 0.6) is 11.5 Å². The summed E-state index contributed by atoms with van der Waals surface area (Å²) in [4.78, 5) is 4.26. The molecule has 8 heteroatoms. The average molecular weight is 501 g/mol. The first-order valence-electron chi connectivity index (χ1n) is 7.71. The maximum absolute atomic E-state index is 13.0. The van der Waals surface area contributed by atoms with Crippen LogP contribution in [0.4, 0.5) is 0 Å². The zero-order chi connectivity index (χ0) is 18.9. The standard InChI is InChI=1S/C18H15Br2NO4S/c1-3-11-6-7-15(24-2)16(9-11)26(22,23)25-18-14(20)10-13(19)12-5-4-8-21-17(12)18/h4-10H,3H2,1-2H3. The first-order valence-corrected chi connectivity index (χ1v) is 10.7. The highest BCUT2D eigenvalue weighted by molar-refractivity contribution is 9.11. The molecule has 0 unspecified atom stereocenters. The smallest absolute Gasteiger partial charge is 0.343 e. The van der Waals surface area contributed by atoms with Gasteiger partial charge >= 0.3 is 10.1 Å². The molecule has 26 heavy (non-hydrogen) atoms. The third-order valence-corrected chi connectivity index (χ3v) is 6.34. The largest absolute Gasteiger partial charge is 0.495 e. The summed E-state index contributed by atoms with van der Waals surface area (Å²) in [5.74, 6) is 0.362. The van der Waals surface area contributed by atoms with Gasteiger partial charge in [-0.15, -0.1) is 0 Å². The molecule has 3 rings (SSSR count). The molecular formula is C18H15Br2NO4S. The molecule has 0 spiro atoms. The number of rotatable bonds is 5. The maximum atomic E-state index is 13.0. The monoisotopic (exact) mass is 499 g/mol. The molecule has 1 aromatic heterocycles. The van der Waals surface area contributed by atoms with Gasteiger partial charge in [-0.3, -0.25) is 4.98 Å². The van der Waals surface area contributed by atoms with Crippen LogP contribution in [-0.2, 0) is 16.5 Å². The number of halogens is 2. The Morgan fingerprint density at radius 3 is 2.58 bits per heavy atom. The number of aryl methyl sites for hydroxylation is 1. The zero-order valence-electron chi connectivity index (χ0n) is 14.0. The quantitative estimate of drug-likeness (QED) is 0.456. The number of pyridine rings is 1. The second-order valence-corrected chi connectivity index (χ2v) is 8.67. The fraction of sp³-hybridized carbons (Fsp3) is 0.167. The molecule has 0 fully saturated rings. The lowest BCUT2D eigenvalue weighted by Crippen LogP contribution is -2.12. The summed E-state index contributed by atoms with van der Waals surface area (Å²) in [6, 6.07) is 10.3. The van der Waals surface area contributed by atoms with Crippen LogP contribution >= 0.6 is 31.9 Å². The van der Waals surface area contributed by atoms with Gasteiger partial charge in [-0.2, -0.15) is 8.42 Å². The van der Waals surface area contributed by atoms with Gasteiger partial charge in [0.2, 0.25) is 0 Å². The van der Waals surface area contributed by atoms with E-state index in [9.17, 15) is 8.42 Å². The van der Waals surface area contributed by atoms with E-state index in [1.165, 1.54) is 7.11 Å². The highest BCUT2D eigenvalue weighted by Crippen LogP contribution is 2.39. The Morgan fingerprint density at radius 1 is 1.12 bits per heavy atom. The van der Waals surface area contributed by atoms with Gasteiger partial charge in [0, 0.05) is 16.1 Å². The van der Waals surface area contributed by atoms with Crippen molar-refractivity contribution in [3.63, 3.8) is 0 Å². The van der Waals surface area contributed by atoms with Crippen molar-refractivity contribution in [2.75, 3.05) is 7.11 Å². The molecule has 0 atom stereocenters. The van der Waals surface area contributed by atoms with E-state index in [0.29, 0.717) is 16.4 Å². The van der Waals surface area contributed by atoms with Crippen LogP contribution in [0.15, 0.2) is 56.4 Å². The van der Waals surface area contributed by atoms with Gasteiger partial charge in [-0.05, 0) is 52.2 Å². The molecule has 136 valence electrons. The number of benzene rings is 2. The number of fused-ring (bicyclic) bond motifs is 1. The number of hydrogen-bond acceptors (Lipinski definition) is 5. The Hall–Kier alpha value is -1.64. The van der Waals surface area contributed by atoms with Gasteiger partial charge in [0.15, 0.2) is 5.75 Å². The predicted octanol–water partition coefficient (Wildman–Crippen LogP) is 5.10. The van der Waals surface area contributed by atoms with Crippen LogP contribution in [0.1, 0.15) is 12.5 Å². The predicted molar refractivity (Wildman–Crippen MR) is 107 cm³/mol. The Balaban J connectivity index is 2.16. The van der Waals surface area contributed by atoms with Gasteiger partial charge < -0.3 is 8.92 Å². The van der Waals surface area contributed by atoms with E-state index >= 15 is 0 Å². The summed E-state index contributed by atoms with van der Waals surface area (Å²) in [6.07, 6.45) is 2.28.